The maximum atomic E-state index is 11.8. The molecule has 1 aromatic carbocycles. The molecule has 3 rings (SSSR count). The van der Waals surface area contributed by atoms with Gasteiger partial charge in [0.2, 0.25) is 5.91 Å². The first kappa shape index (κ1) is 11.4. The van der Waals surface area contributed by atoms with E-state index in [0.717, 1.165) is 20.4 Å². The molecule has 1 saturated heterocycles. The Morgan fingerprint density at radius 3 is 3.06 bits per heavy atom. The third-order valence-electron chi connectivity index (χ3n) is 2.79. The van der Waals surface area contributed by atoms with Crippen molar-refractivity contribution in [3.8, 4) is 0 Å². The predicted octanol–water partition coefficient (Wildman–Crippen LogP) is 3.40. The summed E-state index contributed by atoms with van der Waals surface area (Å²) in [6.07, 6.45) is 0.411. The van der Waals surface area contributed by atoms with E-state index in [0.29, 0.717) is 13.0 Å². The summed E-state index contributed by atoms with van der Waals surface area (Å²) in [6.45, 7) is 0.573. The van der Waals surface area contributed by atoms with Gasteiger partial charge in [-0.25, -0.2) is 4.98 Å². The van der Waals surface area contributed by atoms with Gasteiger partial charge in [-0.1, -0.05) is 0 Å². The number of halogens is 2. The van der Waals surface area contributed by atoms with Crippen LogP contribution in [0.4, 0.5) is 5.69 Å². The molecule has 2 aromatic rings. The smallest absolute Gasteiger partial charge is 0.228 e. The molecule has 0 N–H and O–H groups in total. The Kier molecular flexibility index (Phi) is 2.84. The average Bonchev–Trinajstić information content (AvgIpc) is 2.86. The van der Waals surface area contributed by atoms with Crippen LogP contribution in [0.15, 0.2) is 22.1 Å². The Hall–Kier alpha value is -0.650. The number of carbonyl (C=O) groups is 1. The molecule has 1 aliphatic heterocycles. The van der Waals surface area contributed by atoms with Gasteiger partial charge in [0.05, 0.1) is 31.3 Å². The number of hydrogen-bond donors (Lipinski definition) is 0. The zero-order chi connectivity index (χ0) is 12.0. The zero-order valence-electron chi connectivity index (χ0n) is 8.69. The van der Waals surface area contributed by atoms with Gasteiger partial charge in [0.1, 0.15) is 0 Å². The SMILES string of the molecule is O=C1CC(Cl)CN1c1ccc2ncsc2c1Br. The Morgan fingerprint density at radius 2 is 2.35 bits per heavy atom. The van der Waals surface area contributed by atoms with Crippen LogP contribution in [0.2, 0.25) is 0 Å². The Balaban J connectivity index is 2.11. The average molecular weight is 332 g/mol. The first-order valence-corrected chi connectivity index (χ1v) is 7.24. The molecule has 17 heavy (non-hydrogen) atoms. The molecule has 0 saturated carbocycles. The second-order valence-electron chi connectivity index (χ2n) is 3.91. The summed E-state index contributed by atoms with van der Waals surface area (Å²) in [5.74, 6) is 0.0783. The maximum Gasteiger partial charge on any atom is 0.228 e. The lowest BCUT2D eigenvalue weighted by Crippen LogP contribution is -2.24. The van der Waals surface area contributed by atoms with E-state index in [2.05, 4.69) is 20.9 Å². The van der Waals surface area contributed by atoms with Crippen molar-refractivity contribution < 1.29 is 4.79 Å². The Morgan fingerprint density at radius 1 is 1.53 bits per heavy atom. The molecule has 1 atom stereocenters. The molecule has 1 aliphatic rings. The molecule has 0 bridgehead atoms. The maximum absolute atomic E-state index is 11.8. The number of nitrogens with zero attached hydrogens (tertiary/aromatic N) is 2. The van der Waals surface area contributed by atoms with Crippen molar-refractivity contribution in [3.05, 3.63) is 22.1 Å². The highest BCUT2D eigenvalue weighted by atomic mass is 79.9. The highest BCUT2D eigenvalue weighted by Gasteiger charge is 2.30. The summed E-state index contributed by atoms with van der Waals surface area (Å²) in [4.78, 5) is 17.8. The van der Waals surface area contributed by atoms with E-state index in [-0.39, 0.29) is 11.3 Å². The van der Waals surface area contributed by atoms with Crippen molar-refractivity contribution >= 4 is 60.7 Å². The summed E-state index contributed by atoms with van der Waals surface area (Å²) in [5, 5.41) is -0.0912. The summed E-state index contributed by atoms with van der Waals surface area (Å²) in [5.41, 5.74) is 3.63. The summed E-state index contributed by atoms with van der Waals surface area (Å²) in [7, 11) is 0. The third-order valence-corrected chi connectivity index (χ3v) is 5.00. The van der Waals surface area contributed by atoms with Crippen LogP contribution in [0.25, 0.3) is 10.2 Å². The topological polar surface area (TPSA) is 33.2 Å². The Bertz CT molecular complexity index is 600. The van der Waals surface area contributed by atoms with E-state index in [1.165, 1.54) is 0 Å². The summed E-state index contributed by atoms with van der Waals surface area (Å²) in [6, 6.07) is 3.85. The van der Waals surface area contributed by atoms with Crippen LogP contribution >= 0.6 is 38.9 Å². The number of hydrogen-bond acceptors (Lipinski definition) is 3. The van der Waals surface area contributed by atoms with E-state index in [9.17, 15) is 4.79 Å². The number of rotatable bonds is 1. The standard InChI is InChI=1S/C11H8BrClN2OS/c12-10-8(15-4-6(13)3-9(15)16)2-1-7-11(10)17-5-14-7/h1-2,5-6H,3-4H2. The predicted molar refractivity (Wildman–Crippen MR) is 73.9 cm³/mol. The van der Waals surface area contributed by atoms with Gasteiger partial charge in [-0.2, -0.15) is 0 Å². The van der Waals surface area contributed by atoms with Crippen molar-refractivity contribution in [2.24, 2.45) is 0 Å². The Labute approximate surface area is 116 Å². The number of fused-ring (bicyclic) bond motifs is 1. The molecule has 0 spiro atoms. The van der Waals surface area contributed by atoms with Gasteiger partial charge >= 0.3 is 0 Å². The molecular formula is C11H8BrClN2OS. The molecule has 88 valence electrons. The fourth-order valence-electron chi connectivity index (χ4n) is 1.99. The fraction of sp³-hybridized carbons (Fsp3) is 0.273. The molecule has 0 aliphatic carbocycles. The van der Waals surface area contributed by atoms with Crippen LogP contribution in [-0.2, 0) is 4.79 Å². The van der Waals surface area contributed by atoms with E-state index in [1.54, 1.807) is 21.7 Å². The van der Waals surface area contributed by atoms with Crippen LogP contribution in [-0.4, -0.2) is 22.8 Å². The minimum Gasteiger partial charge on any atom is -0.310 e. The van der Waals surface area contributed by atoms with Crippen molar-refractivity contribution in [1.82, 2.24) is 4.98 Å². The lowest BCUT2D eigenvalue weighted by atomic mass is 10.3. The molecule has 0 radical (unpaired) electrons. The number of amides is 1. The summed E-state index contributed by atoms with van der Waals surface area (Å²) < 4.78 is 1.99. The monoisotopic (exact) mass is 330 g/mol. The number of aromatic nitrogens is 1. The van der Waals surface area contributed by atoms with Gasteiger partial charge in [-0.05, 0) is 28.1 Å². The number of thiazole rings is 1. The van der Waals surface area contributed by atoms with Crippen LogP contribution in [0.3, 0.4) is 0 Å². The van der Waals surface area contributed by atoms with Gasteiger partial charge in [0.15, 0.2) is 0 Å². The van der Waals surface area contributed by atoms with E-state index < -0.39 is 0 Å². The normalized spacial score (nSPS) is 20.5. The first-order chi connectivity index (χ1) is 8.16. The van der Waals surface area contributed by atoms with Crippen molar-refractivity contribution in [2.75, 3.05) is 11.4 Å². The van der Waals surface area contributed by atoms with Crippen molar-refractivity contribution in [3.63, 3.8) is 0 Å². The molecule has 1 fully saturated rings. The second kappa shape index (κ2) is 4.23. The highest BCUT2D eigenvalue weighted by molar-refractivity contribution is 9.10. The van der Waals surface area contributed by atoms with Crippen LogP contribution < -0.4 is 4.90 Å². The minimum absolute atomic E-state index is 0.0783. The molecule has 1 amide bonds. The van der Waals surface area contributed by atoms with Gasteiger partial charge < -0.3 is 4.90 Å². The molecule has 6 heteroatoms. The fourth-order valence-corrected chi connectivity index (χ4v) is 3.81. The number of anilines is 1. The third kappa shape index (κ3) is 1.86. The van der Waals surface area contributed by atoms with E-state index in [4.69, 9.17) is 11.6 Å². The van der Waals surface area contributed by atoms with Gasteiger partial charge in [0, 0.05) is 13.0 Å². The number of alkyl halides is 1. The lowest BCUT2D eigenvalue weighted by molar-refractivity contribution is -0.117. The largest absolute Gasteiger partial charge is 0.310 e. The highest BCUT2D eigenvalue weighted by Crippen LogP contribution is 2.37. The van der Waals surface area contributed by atoms with Gasteiger partial charge in [-0.3, -0.25) is 4.79 Å². The van der Waals surface area contributed by atoms with E-state index in [1.807, 2.05) is 12.1 Å². The van der Waals surface area contributed by atoms with Crippen molar-refractivity contribution in [2.45, 2.75) is 11.8 Å². The van der Waals surface area contributed by atoms with Gasteiger partial charge in [0.25, 0.3) is 0 Å². The first-order valence-electron chi connectivity index (χ1n) is 5.13. The van der Waals surface area contributed by atoms with Crippen LogP contribution in [0.1, 0.15) is 6.42 Å². The number of carbonyl (C=O) groups excluding carboxylic acids is 1. The minimum atomic E-state index is -0.0912. The van der Waals surface area contributed by atoms with Gasteiger partial charge in [-0.15, -0.1) is 22.9 Å². The molecule has 1 aromatic heterocycles. The summed E-state index contributed by atoms with van der Waals surface area (Å²) >= 11 is 11.1. The van der Waals surface area contributed by atoms with Crippen molar-refractivity contribution in [1.29, 1.82) is 0 Å². The molecule has 3 nitrogen and oxygen atoms in total. The number of benzene rings is 1. The molecule has 2 heterocycles. The van der Waals surface area contributed by atoms with E-state index >= 15 is 0 Å². The second-order valence-corrected chi connectivity index (χ2v) is 6.17. The van der Waals surface area contributed by atoms with Crippen LogP contribution in [0, 0.1) is 0 Å². The quantitative estimate of drug-likeness (QED) is 0.750. The zero-order valence-corrected chi connectivity index (χ0v) is 11.8. The van der Waals surface area contributed by atoms with Crippen LogP contribution in [0.5, 0.6) is 0 Å². The lowest BCUT2D eigenvalue weighted by Gasteiger charge is -2.17. The molecular weight excluding hydrogens is 324 g/mol. The molecule has 1 unspecified atom stereocenters.